The Balaban J connectivity index is 2.58. The molecule has 0 fully saturated rings. The van der Waals surface area contributed by atoms with Crippen molar-refractivity contribution in [3.63, 3.8) is 0 Å². The Hall–Kier alpha value is -2.43. The van der Waals surface area contributed by atoms with Crippen molar-refractivity contribution in [2.45, 2.75) is 20.0 Å². The number of nitrogens with one attached hydrogen (secondary N) is 1. The van der Waals surface area contributed by atoms with Gasteiger partial charge in [0.15, 0.2) is 6.10 Å². The number of carbonyl (C=O) groups is 3. The highest BCUT2D eigenvalue weighted by atomic mass is 16.5. The fourth-order valence-corrected chi connectivity index (χ4v) is 1.19. The summed E-state index contributed by atoms with van der Waals surface area (Å²) in [6.45, 7) is 6.26. The van der Waals surface area contributed by atoms with Crippen LogP contribution < -0.4 is 5.32 Å². The zero-order valence-electron chi connectivity index (χ0n) is 10.8. The van der Waals surface area contributed by atoms with Gasteiger partial charge in [0.1, 0.15) is 0 Å². The molecule has 1 N–H and O–H groups in total. The maximum Gasteiger partial charge on any atom is 0.333 e. The molecule has 5 heteroatoms. The van der Waals surface area contributed by atoms with Crippen LogP contribution in [0.4, 0.5) is 0 Å². The zero-order valence-corrected chi connectivity index (χ0v) is 10.8. The largest absolute Gasteiger partial charge is 0.449 e. The quantitative estimate of drug-likeness (QED) is 0.657. The van der Waals surface area contributed by atoms with Crippen LogP contribution in [0, 0.1) is 0 Å². The summed E-state index contributed by atoms with van der Waals surface area (Å²) in [4.78, 5) is 34.6. The Morgan fingerprint density at radius 1 is 1.21 bits per heavy atom. The first-order chi connectivity index (χ1) is 8.91. The predicted molar refractivity (Wildman–Crippen MR) is 69.3 cm³/mol. The van der Waals surface area contributed by atoms with E-state index in [1.807, 2.05) is 0 Å². The van der Waals surface area contributed by atoms with E-state index in [4.69, 9.17) is 4.74 Å². The fraction of sp³-hybridized carbons (Fsp3) is 0.214. The Labute approximate surface area is 111 Å². The summed E-state index contributed by atoms with van der Waals surface area (Å²) in [7, 11) is 0. The molecule has 19 heavy (non-hydrogen) atoms. The number of amides is 2. The van der Waals surface area contributed by atoms with Gasteiger partial charge >= 0.3 is 5.97 Å². The van der Waals surface area contributed by atoms with E-state index in [1.165, 1.54) is 13.8 Å². The van der Waals surface area contributed by atoms with E-state index in [-0.39, 0.29) is 5.57 Å². The van der Waals surface area contributed by atoms with Gasteiger partial charge in [0.2, 0.25) is 0 Å². The highest BCUT2D eigenvalue weighted by molar-refractivity contribution is 6.06. The van der Waals surface area contributed by atoms with Crippen LogP contribution in [0.3, 0.4) is 0 Å². The molecule has 0 bridgehead atoms. The summed E-state index contributed by atoms with van der Waals surface area (Å²) >= 11 is 0. The number of carbonyl (C=O) groups excluding carboxylic acids is 3. The Bertz CT molecular complexity index is 507. The van der Waals surface area contributed by atoms with Crippen molar-refractivity contribution < 1.29 is 19.1 Å². The van der Waals surface area contributed by atoms with Gasteiger partial charge < -0.3 is 4.74 Å². The third kappa shape index (κ3) is 4.39. The predicted octanol–water partition coefficient (Wildman–Crippen LogP) is 1.45. The Kier molecular flexibility index (Phi) is 5.00. The van der Waals surface area contributed by atoms with Gasteiger partial charge in [0.25, 0.3) is 11.8 Å². The lowest BCUT2D eigenvalue weighted by Crippen LogP contribution is -2.39. The highest BCUT2D eigenvalue weighted by Gasteiger charge is 2.20. The van der Waals surface area contributed by atoms with Crippen LogP contribution in [-0.4, -0.2) is 23.9 Å². The fourth-order valence-electron chi connectivity index (χ4n) is 1.19. The van der Waals surface area contributed by atoms with Crippen LogP contribution in [0.5, 0.6) is 0 Å². The first-order valence-corrected chi connectivity index (χ1v) is 5.68. The number of esters is 1. The van der Waals surface area contributed by atoms with Gasteiger partial charge in [-0.05, 0) is 26.0 Å². The second-order valence-electron chi connectivity index (χ2n) is 4.01. The Morgan fingerprint density at radius 2 is 1.79 bits per heavy atom. The SMILES string of the molecule is C=C(C)C(=O)OC(C)C(=O)NC(=O)c1ccccc1. The molecule has 1 aromatic rings. The van der Waals surface area contributed by atoms with E-state index in [0.717, 1.165) is 0 Å². The van der Waals surface area contributed by atoms with Crippen molar-refractivity contribution >= 4 is 17.8 Å². The number of benzene rings is 1. The number of ether oxygens (including phenoxy) is 1. The summed E-state index contributed by atoms with van der Waals surface area (Å²) in [6, 6.07) is 8.28. The summed E-state index contributed by atoms with van der Waals surface area (Å²) in [5, 5.41) is 2.16. The van der Waals surface area contributed by atoms with E-state index in [1.54, 1.807) is 30.3 Å². The zero-order chi connectivity index (χ0) is 14.4. The second kappa shape index (κ2) is 6.49. The van der Waals surface area contributed by atoms with Gasteiger partial charge in [-0.15, -0.1) is 0 Å². The van der Waals surface area contributed by atoms with Gasteiger partial charge in [-0.1, -0.05) is 24.8 Å². The highest BCUT2D eigenvalue weighted by Crippen LogP contribution is 2.01. The monoisotopic (exact) mass is 261 g/mol. The van der Waals surface area contributed by atoms with Crippen LogP contribution in [0.2, 0.25) is 0 Å². The lowest BCUT2D eigenvalue weighted by Gasteiger charge is -2.12. The molecule has 0 heterocycles. The number of hydrogen-bond donors (Lipinski definition) is 1. The lowest BCUT2D eigenvalue weighted by molar-refractivity contribution is -0.150. The first-order valence-electron chi connectivity index (χ1n) is 5.68. The molecule has 0 aliphatic heterocycles. The first kappa shape index (κ1) is 14.6. The van der Waals surface area contributed by atoms with Crippen LogP contribution in [-0.2, 0) is 14.3 Å². The Morgan fingerprint density at radius 3 is 2.32 bits per heavy atom. The van der Waals surface area contributed by atoms with Gasteiger partial charge in [0.05, 0.1) is 0 Å². The van der Waals surface area contributed by atoms with E-state index in [9.17, 15) is 14.4 Å². The molecule has 1 aromatic carbocycles. The van der Waals surface area contributed by atoms with Crippen molar-refractivity contribution in [1.29, 1.82) is 0 Å². The van der Waals surface area contributed by atoms with Crippen molar-refractivity contribution in [2.75, 3.05) is 0 Å². The average molecular weight is 261 g/mol. The molecular weight excluding hydrogens is 246 g/mol. The molecule has 1 atom stereocenters. The molecule has 0 saturated heterocycles. The number of imide groups is 1. The van der Waals surface area contributed by atoms with Gasteiger partial charge in [0, 0.05) is 11.1 Å². The molecule has 0 aliphatic rings. The second-order valence-corrected chi connectivity index (χ2v) is 4.01. The minimum atomic E-state index is -1.06. The van der Waals surface area contributed by atoms with Crippen molar-refractivity contribution in [3.8, 4) is 0 Å². The van der Waals surface area contributed by atoms with Crippen LogP contribution in [0.25, 0.3) is 0 Å². The van der Waals surface area contributed by atoms with Crippen molar-refractivity contribution in [2.24, 2.45) is 0 Å². The normalized spacial score (nSPS) is 11.3. The molecule has 100 valence electrons. The number of hydrogen-bond acceptors (Lipinski definition) is 4. The molecule has 0 saturated carbocycles. The average Bonchev–Trinajstić information content (AvgIpc) is 2.39. The van der Waals surface area contributed by atoms with Crippen LogP contribution >= 0.6 is 0 Å². The van der Waals surface area contributed by atoms with E-state index in [2.05, 4.69) is 11.9 Å². The summed E-state index contributed by atoms with van der Waals surface area (Å²) in [6.07, 6.45) is -1.06. The summed E-state index contributed by atoms with van der Waals surface area (Å²) in [5.41, 5.74) is 0.545. The number of rotatable bonds is 4. The molecule has 0 spiro atoms. The molecule has 1 unspecified atom stereocenters. The third-order valence-electron chi connectivity index (χ3n) is 2.27. The lowest BCUT2D eigenvalue weighted by atomic mass is 10.2. The van der Waals surface area contributed by atoms with Gasteiger partial charge in [-0.2, -0.15) is 0 Å². The molecular formula is C14H15NO4. The minimum Gasteiger partial charge on any atom is -0.449 e. The van der Waals surface area contributed by atoms with E-state index in [0.29, 0.717) is 5.56 Å². The smallest absolute Gasteiger partial charge is 0.333 e. The maximum absolute atomic E-state index is 11.7. The third-order valence-corrected chi connectivity index (χ3v) is 2.27. The van der Waals surface area contributed by atoms with E-state index < -0.39 is 23.9 Å². The van der Waals surface area contributed by atoms with Crippen molar-refractivity contribution in [1.82, 2.24) is 5.32 Å². The standard InChI is InChI=1S/C14H15NO4/c1-9(2)14(18)19-10(3)12(16)15-13(17)11-7-5-4-6-8-11/h4-8,10H,1H2,2-3H3,(H,15,16,17). The molecule has 1 rings (SSSR count). The summed E-state index contributed by atoms with van der Waals surface area (Å²) in [5.74, 6) is -1.89. The summed E-state index contributed by atoms with van der Waals surface area (Å²) < 4.78 is 4.81. The molecule has 2 amide bonds. The van der Waals surface area contributed by atoms with Crippen LogP contribution in [0.1, 0.15) is 24.2 Å². The van der Waals surface area contributed by atoms with Gasteiger partial charge in [-0.25, -0.2) is 4.79 Å². The van der Waals surface area contributed by atoms with Crippen LogP contribution in [0.15, 0.2) is 42.5 Å². The van der Waals surface area contributed by atoms with Gasteiger partial charge in [-0.3, -0.25) is 14.9 Å². The molecule has 0 aliphatic carbocycles. The topological polar surface area (TPSA) is 72.5 Å². The van der Waals surface area contributed by atoms with E-state index >= 15 is 0 Å². The molecule has 0 aromatic heterocycles. The molecule has 5 nitrogen and oxygen atoms in total. The maximum atomic E-state index is 11.7. The molecule has 0 radical (unpaired) electrons. The minimum absolute atomic E-state index is 0.189. The van der Waals surface area contributed by atoms with Crippen molar-refractivity contribution in [3.05, 3.63) is 48.0 Å².